The van der Waals surface area contributed by atoms with E-state index in [4.69, 9.17) is 11.6 Å². The van der Waals surface area contributed by atoms with Gasteiger partial charge in [0.15, 0.2) is 0 Å². The first-order valence-electron chi connectivity index (χ1n) is 10.9. The molecule has 3 aliphatic rings. The molecule has 2 nitrogen and oxygen atoms in total. The van der Waals surface area contributed by atoms with Gasteiger partial charge in [-0.3, -0.25) is 4.98 Å². The summed E-state index contributed by atoms with van der Waals surface area (Å²) in [6.45, 7) is 0. The summed E-state index contributed by atoms with van der Waals surface area (Å²) >= 11 is 6.07. The quantitative estimate of drug-likeness (QED) is 0.463. The minimum absolute atomic E-state index is 0.561. The Morgan fingerprint density at radius 3 is 2.90 bits per heavy atom. The summed E-state index contributed by atoms with van der Waals surface area (Å²) in [5.41, 5.74) is 7.20. The van der Waals surface area contributed by atoms with E-state index in [1.807, 2.05) is 18.3 Å². The molecule has 29 heavy (non-hydrogen) atoms. The second-order valence-electron chi connectivity index (χ2n) is 8.89. The van der Waals surface area contributed by atoms with Crippen LogP contribution in [-0.4, -0.2) is 9.55 Å². The van der Waals surface area contributed by atoms with Crippen LogP contribution < -0.4 is 0 Å². The van der Waals surface area contributed by atoms with Gasteiger partial charge >= 0.3 is 0 Å². The van der Waals surface area contributed by atoms with E-state index in [9.17, 15) is 0 Å². The van der Waals surface area contributed by atoms with Gasteiger partial charge in [-0.05, 0) is 85.3 Å². The smallest absolute Gasteiger partial charge is 0.0524 e. The van der Waals surface area contributed by atoms with E-state index >= 15 is 0 Å². The molecule has 146 valence electrons. The van der Waals surface area contributed by atoms with E-state index in [2.05, 4.69) is 52.2 Å². The molecule has 0 N–H and O–H groups in total. The van der Waals surface area contributed by atoms with Crippen molar-refractivity contribution < 1.29 is 0 Å². The van der Waals surface area contributed by atoms with Gasteiger partial charge in [-0.2, -0.15) is 0 Å². The third kappa shape index (κ3) is 2.88. The van der Waals surface area contributed by atoms with Gasteiger partial charge in [0, 0.05) is 28.8 Å². The van der Waals surface area contributed by atoms with Crippen LogP contribution in [0.3, 0.4) is 0 Å². The Morgan fingerprint density at radius 2 is 2.00 bits per heavy atom. The molecule has 3 atom stereocenters. The summed E-state index contributed by atoms with van der Waals surface area (Å²) in [6.07, 6.45) is 18.6. The lowest BCUT2D eigenvalue weighted by molar-refractivity contribution is 0.221. The fourth-order valence-corrected chi connectivity index (χ4v) is 6.05. The maximum Gasteiger partial charge on any atom is 0.0524 e. The summed E-state index contributed by atoms with van der Waals surface area (Å²) in [6, 6.07) is 11.2. The van der Waals surface area contributed by atoms with Crippen molar-refractivity contribution in [1.82, 2.24) is 9.55 Å². The van der Waals surface area contributed by atoms with Gasteiger partial charge in [-0.25, -0.2) is 0 Å². The van der Waals surface area contributed by atoms with Crippen molar-refractivity contribution in [3.05, 3.63) is 82.8 Å². The fraction of sp³-hybridized carbons (Fsp3) is 0.346. The summed E-state index contributed by atoms with van der Waals surface area (Å²) in [5, 5.41) is 2.19. The van der Waals surface area contributed by atoms with Crippen LogP contribution in [0, 0.1) is 11.8 Å². The molecule has 6 rings (SSSR count). The Morgan fingerprint density at radius 1 is 1.10 bits per heavy atom. The number of hydrogen-bond acceptors (Lipinski definition) is 1. The normalized spacial score (nSPS) is 25.3. The minimum Gasteiger partial charge on any atom is -0.336 e. The third-order valence-electron chi connectivity index (χ3n) is 7.20. The molecule has 2 aromatic heterocycles. The van der Waals surface area contributed by atoms with E-state index in [1.54, 1.807) is 0 Å². The van der Waals surface area contributed by atoms with Crippen molar-refractivity contribution in [3.8, 4) is 0 Å². The van der Waals surface area contributed by atoms with Crippen molar-refractivity contribution in [2.75, 3.05) is 0 Å². The maximum absolute atomic E-state index is 6.07. The van der Waals surface area contributed by atoms with Crippen molar-refractivity contribution in [3.63, 3.8) is 0 Å². The second-order valence-corrected chi connectivity index (χ2v) is 9.32. The Hall–Kier alpha value is -2.32. The topological polar surface area (TPSA) is 17.8 Å². The van der Waals surface area contributed by atoms with Crippen LogP contribution in [0.1, 0.15) is 48.5 Å². The molecule has 1 fully saturated rings. The zero-order chi connectivity index (χ0) is 19.4. The standard InChI is InChI=1S/C26H25ClN2/c27-21-9-4-17(5-10-21)14-18-6-11-24-20(15-18)8-7-19-2-1-3-22-23-16-28-13-12-25(23)29(24)26(19)22/h2,4-5,7-10,12-13,16,18,20,24H,1,3,6,11,14-15H2. The fourth-order valence-electron chi connectivity index (χ4n) is 5.92. The highest BCUT2D eigenvalue weighted by atomic mass is 35.5. The summed E-state index contributed by atoms with van der Waals surface area (Å²) < 4.78 is 2.68. The number of halogens is 1. The van der Waals surface area contributed by atoms with Crippen LogP contribution in [0.5, 0.6) is 0 Å². The Labute approximate surface area is 176 Å². The lowest BCUT2D eigenvalue weighted by Crippen LogP contribution is -2.27. The highest BCUT2D eigenvalue weighted by Gasteiger charge is 2.35. The molecule has 0 spiro atoms. The minimum atomic E-state index is 0.561. The van der Waals surface area contributed by atoms with Gasteiger partial charge in [0.2, 0.25) is 0 Å². The van der Waals surface area contributed by atoms with E-state index in [0.717, 1.165) is 30.2 Å². The second kappa shape index (κ2) is 6.88. The molecule has 0 saturated heterocycles. The Balaban J connectivity index is 1.37. The number of rotatable bonds is 2. The number of fused-ring (bicyclic) bond motifs is 5. The van der Waals surface area contributed by atoms with Gasteiger partial charge in [0.05, 0.1) is 11.2 Å². The average Bonchev–Trinajstić information content (AvgIpc) is 2.99. The highest BCUT2D eigenvalue weighted by Crippen LogP contribution is 2.47. The maximum atomic E-state index is 6.07. The van der Waals surface area contributed by atoms with Gasteiger partial charge in [0.1, 0.15) is 0 Å². The van der Waals surface area contributed by atoms with Crippen LogP contribution >= 0.6 is 11.6 Å². The van der Waals surface area contributed by atoms with Gasteiger partial charge in [0.25, 0.3) is 0 Å². The zero-order valence-corrected chi connectivity index (χ0v) is 17.3. The third-order valence-corrected chi connectivity index (χ3v) is 7.46. The predicted molar refractivity (Wildman–Crippen MR) is 120 cm³/mol. The summed E-state index contributed by atoms with van der Waals surface area (Å²) in [5.74, 6) is 1.34. The number of pyridine rings is 1. The number of nitrogens with zero attached hydrogens (tertiary/aromatic N) is 2. The number of aromatic nitrogens is 2. The number of benzene rings is 1. The number of aryl methyl sites for hydroxylation is 1. The largest absolute Gasteiger partial charge is 0.336 e. The molecule has 0 bridgehead atoms. The van der Waals surface area contributed by atoms with Crippen LogP contribution in [0.4, 0.5) is 0 Å². The van der Waals surface area contributed by atoms with Crippen molar-refractivity contribution in [2.24, 2.45) is 11.8 Å². The zero-order valence-electron chi connectivity index (χ0n) is 16.5. The first kappa shape index (κ1) is 17.5. The molecule has 3 heteroatoms. The van der Waals surface area contributed by atoms with Crippen LogP contribution in [0.15, 0.2) is 61.0 Å². The molecule has 1 aromatic carbocycles. The first-order valence-corrected chi connectivity index (χ1v) is 11.3. The average molecular weight is 401 g/mol. The van der Waals surface area contributed by atoms with Crippen molar-refractivity contribution in [2.45, 2.75) is 44.6 Å². The van der Waals surface area contributed by atoms with Gasteiger partial charge < -0.3 is 4.57 Å². The molecule has 3 unspecified atom stereocenters. The molecule has 0 amide bonds. The van der Waals surface area contributed by atoms with Gasteiger partial charge in [-0.15, -0.1) is 0 Å². The lowest BCUT2D eigenvalue weighted by Gasteiger charge is -2.36. The monoisotopic (exact) mass is 400 g/mol. The summed E-state index contributed by atoms with van der Waals surface area (Å²) in [7, 11) is 0. The molecule has 0 radical (unpaired) electrons. The van der Waals surface area contributed by atoms with E-state index in [1.165, 1.54) is 52.6 Å². The Kier molecular flexibility index (Phi) is 4.16. The highest BCUT2D eigenvalue weighted by molar-refractivity contribution is 6.30. The van der Waals surface area contributed by atoms with Crippen LogP contribution in [0.25, 0.3) is 16.5 Å². The van der Waals surface area contributed by atoms with E-state index < -0.39 is 0 Å². The SMILES string of the molecule is Clc1ccc(CC2CCC3C(C=CC4=CCCc5c4n3c3ccncc53)C2)cc1. The predicted octanol–water partition coefficient (Wildman–Crippen LogP) is 6.79. The lowest BCUT2D eigenvalue weighted by atomic mass is 9.75. The first-order chi connectivity index (χ1) is 14.3. The molecule has 3 heterocycles. The number of hydrogen-bond donors (Lipinski definition) is 0. The van der Waals surface area contributed by atoms with Crippen molar-refractivity contribution in [1.29, 1.82) is 0 Å². The molecule has 1 aliphatic heterocycles. The Bertz CT molecular complexity index is 1140. The van der Waals surface area contributed by atoms with E-state index in [-0.39, 0.29) is 0 Å². The molecular weight excluding hydrogens is 376 g/mol. The van der Waals surface area contributed by atoms with Crippen molar-refractivity contribution >= 4 is 28.1 Å². The van der Waals surface area contributed by atoms with Crippen LogP contribution in [0.2, 0.25) is 5.02 Å². The number of allylic oxidation sites excluding steroid dienone is 4. The van der Waals surface area contributed by atoms with Crippen LogP contribution in [-0.2, 0) is 12.8 Å². The molecule has 3 aromatic rings. The van der Waals surface area contributed by atoms with Gasteiger partial charge in [-0.1, -0.05) is 42.0 Å². The molecule has 2 aliphatic carbocycles. The summed E-state index contributed by atoms with van der Waals surface area (Å²) in [4.78, 5) is 4.45. The van der Waals surface area contributed by atoms with E-state index in [0.29, 0.717) is 12.0 Å². The molecular formula is C26H25ClN2. The molecule has 1 saturated carbocycles.